The van der Waals surface area contributed by atoms with Crippen LogP contribution < -0.4 is 10.2 Å². The molecular weight excluding hydrogens is 276 g/mol. The summed E-state index contributed by atoms with van der Waals surface area (Å²) >= 11 is 0. The van der Waals surface area contributed by atoms with Crippen LogP contribution in [0.4, 0.5) is 16.2 Å². The molecule has 0 spiro atoms. The molecule has 0 radical (unpaired) electrons. The zero-order valence-electron chi connectivity index (χ0n) is 11.2. The topological polar surface area (TPSA) is 108 Å². The van der Waals surface area contributed by atoms with Crippen LogP contribution in [0.2, 0.25) is 0 Å². The highest BCUT2D eigenvalue weighted by Gasteiger charge is 2.19. The molecule has 1 aromatic carbocycles. The van der Waals surface area contributed by atoms with Gasteiger partial charge in [0.05, 0.1) is 11.9 Å². The van der Waals surface area contributed by atoms with Gasteiger partial charge in [-0.15, -0.1) is 0 Å². The van der Waals surface area contributed by atoms with E-state index in [1.54, 1.807) is 13.2 Å². The molecule has 0 aliphatic rings. The fourth-order valence-electron chi connectivity index (χ4n) is 1.72. The van der Waals surface area contributed by atoms with Gasteiger partial charge >= 0.3 is 12.0 Å². The number of carboxylic acids is 1. The maximum absolute atomic E-state index is 12.2. The average molecular weight is 290 g/mol. The first-order valence-electron chi connectivity index (χ1n) is 6.03. The number of aliphatic carboxylic acids is 1. The molecule has 0 fully saturated rings. The molecule has 0 saturated heterocycles. The molecule has 0 unspecified atom stereocenters. The maximum Gasteiger partial charge on any atom is 0.326 e. The number of phenolic OH excluding ortho intramolecular Hbond substituents is 1. The number of hydrogen-bond acceptors (Lipinski definition) is 4. The van der Waals surface area contributed by atoms with E-state index in [1.807, 2.05) is 0 Å². The van der Waals surface area contributed by atoms with Gasteiger partial charge in [0.1, 0.15) is 12.3 Å². The van der Waals surface area contributed by atoms with E-state index >= 15 is 0 Å². The Morgan fingerprint density at radius 2 is 2.00 bits per heavy atom. The van der Waals surface area contributed by atoms with Crippen molar-refractivity contribution in [2.24, 2.45) is 7.05 Å². The number of urea groups is 1. The Balaban J connectivity index is 2.20. The van der Waals surface area contributed by atoms with Crippen molar-refractivity contribution < 1.29 is 19.8 Å². The number of amides is 2. The van der Waals surface area contributed by atoms with Crippen LogP contribution in [0, 0.1) is 0 Å². The number of phenols is 1. The van der Waals surface area contributed by atoms with E-state index in [9.17, 15) is 14.7 Å². The predicted molar refractivity (Wildman–Crippen MR) is 75.3 cm³/mol. The molecular formula is C13H14N4O4. The lowest BCUT2D eigenvalue weighted by Gasteiger charge is -2.20. The highest BCUT2D eigenvalue weighted by Crippen LogP contribution is 2.19. The standard InChI is InChI=1S/C13H14N4O4/c1-16-7-9(6-14-16)15-13(21)17(8-12(19)20)10-2-4-11(18)5-3-10/h2-7,18H,8H2,1H3,(H,15,21)(H,19,20). The van der Waals surface area contributed by atoms with Crippen molar-refractivity contribution in [1.29, 1.82) is 0 Å². The monoisotopic (exact) mass is 290 g/mol. The Hall–Kier alpha value is -3.03. The number of aromatic hydroxyl groups is 1. The lowest BCUT2D eigenvalue weighted by atomic mass is 10.2. The minimum absolute atomic E-state index is 0.0293. The number of carbonyl (C=O) groups excluding carboxylic acids is 1. The van der Waals surface area contributed by atoms with E-state index in [-0.39, 0.29) is 5.75 Å². The Labute approximate surface area is 120 Å². The zero-order chi connectivity index (χ0) is 15.4. The third kappa shape index (κ3) is 3.72. The summed E-state index contributed by atoms with van der Waals surface area (Å²) in [5.74, 6) is -1.12. The van der Waals surface area contributed by atoms with Gasteiger partial charge in [-0.3, -0.25) is 14.4 Å². The van der Waals surface area contributed by atoms with E-state index in [2.05, 4.69) is 10.4 Å². The van der Waals surface area contributed by atoms with E-state index < -0.39 is 18.5 Å². The van der Waals surface area contributed by atoms with Crippen LogP contribution >= 0.6 is 0 Å². The smallest absolute Gasteiger partial charge is 0.326 e. The molecule has 21 heavy (non-hydrogen) atoms. The third-order valence-corrected chi connectivity index (χ3v) is 2.66. The van der Waals surface area contributed by atoms with Gasteiger partial charge in [0.25, 0.3) is 0 Å². The molecule has 1 heterocycles. The fraction of sp³-hybridized carbons (Fsp3) is 0.154. The second kappa shape index (κ2) is 5.95. The highest BCUT2D eigenvalue weighted by molar-refractivity contribution is 6.04. The number of nitrogens with one attached hydrogen (secondary N) is 1. The van der Waals surface area contributed by atoms with E-state index in [0.29, 0.717) is 11.4 Å². The number of carboxylic acid groups (broad SMARTS) is 1. The number of nitrogens with zero attached hydrogens (tertiary/aromatic N) is 3. The van der Waals surface area contributed by atoms with Crippen LogP contribution in [0.3, 0.4) is 0 Å². The quantitative estimate of drug-likeness (QED) is 0.785. The van der Waals surface area contributed by atoms with Gasteiger partial charge in [-0.2, -0.15) is 5.10 Å². The summed E-state index contributed by atoms with van der Waals surface area (Å²) in [6.45, 7) is -0.503. The molecule has 0 aliphatic heterocycles. The van der Waals surface area contributed by atoms with Crippen LogP contribution in [0.15, 0.2) is 36.7 Å². The van der Waals surface area contributed by atoms with Gasteiger partial charge in [0, 0.05) is 18.9 Å². The van der Waals surface area contributed by atoms with Gasteiger partial charge < -0.3 is 15.5 Å². The number of rotatable bonds is 4. The highest BCUT2D eigenvalue weighted by atomic mass is 16.4. The van der Waals surface area contributed by atoms with Crippen molar-refractivity contribution in [3.8, 4) is 5.75 Å². The van der Waals surface area contributed by atoms with Gasteiger partial charge in [-0.1, -0.05) is 0 Å². The van der Waals surface area contributed by atoms with E-state index in [1.165, 1.54) is 35.1 Å². The van der Waals surface area contributed by atoms with E-state index in [0.717, 1.165) is 4.90 Å². The van der Waals surface area contributed by atoms with Crippen LogP contribution in [-0.4, -0.2) is 38.5 Å². The third-order valence-electron chi connectivity index (χ3n) is 2.66. The number of carbonyl (C=O) groups is 2. The molecule has 8 heteroatoms. The lowest BCUT2D eigenvalue weighted by Crippen LogP contribution is -2.38. The molecule has 2 aromatic rings. The molecule has 110 valence electrons. The number of aromatic nitrogens is 2. The summed E-state index contributed by atoms with van der Waals surface area (Å²) < 4.78 is 1.51. The molecule has 8 nitrogen and oxygen atoms in total. The summed E-state index contributed by atoms with van der Waals surface area (Å²) in [5, 5.41) is 24.6. The Morgan fingerprint density at radius 1 is 1.33 bits per heavy atom. The SMILES string of the molecule is Cn1cc(NC(=O)N(CC(=O)O)c2ccc(O)cc2)cn1. The molecule has 1 aromatic heterocycles. The second-order valence-corrected chi connectivity index (χ2v) is 4.33. The van der Waals surface area contributed by atoms with Crippen LogP contribution in [0.25, 0.3) is 0 Å². The van der Waals surface area contributed by atoms with Crippen molar-refractivity contribution in [2.75, 3.05) is 16.8 Å². The maximum atomic E-state index is 12.2. The van der Waals surface area contributed by atoms with Crippen LogP contribution in [0.5, 0.6) is 5.75 Å². The summed E-state index contributed by atoms with van der Waals surface area (Å²) in [4.78, 5) is 24.2. The van der Waals surface area contributed by atoms with Crippen molar-refractivity contribution >= 4 is 23.4 Å². The van der Waals surface area contributed by atoms with Gasteiger partial charge in [-0.25, -0.2) is 4.79 Å². The first kappa shape index (κ1) is 14.4. The summed E-state index contributed by atoms with van der Waals surface area (Å²) in [5.41, 5.74) is 0.813. The van der Waals surface area contributed by atoms with Crippen LogP contribution in [0.1, 0.15) is 0 Å². The number of aryl methyl sites for hydroxylation is 1. The molecule has 0 aliphatic carbocycles. The first-order valence-corrected chi connectivity index (χ1v) is 6.03. The van der Waals surface area contributed by atoms with Gasteiger partial charge in [0.2, 0.25) is 0 Å². The molecule has 0 bridgehead atoms. The average Bonchev–Trinajstić information content (AvgIpc) is 2.82. The minimum Gasteiger partial charge on any atom is -0.508 e. The largest absolute Gasteiger partial charge is 0.508 e. The Morgan fingerprint density at radius 3 is 2.52 bits per heavy atom. The lowest BCUT2D eigenvalue weighted by molar-refractivity contribution is -0.135. The summed E-state index contributed by atoms with van der Waals surface area (Å²) in [6, 6.07) is 5.07. The zero-order valence-corrected chi connectivity index (χ0v) is 11.2. The normalized spacial score (nSPS) is 10.1. The fourth-order valence-corrected chi connectivity index (χ4v) is 1.72. The van der Waals surface area contributed by atoms with Crippen molar-refractivity contribution in [3.05, 3.63) is 36.7 Å². The van der Waals surface area contributed by atoms with Gasteiger partial charge in [0.15, 0.2) is 0 Å². The minimum atomic E-state index is -1.15. The molecule has 2 amide bonds. The first-order chi connectivity index (χ1) is 9.95. The Kier molecular flexibility index (Phi) is 4.07. The molecule has 2 rings (SSSR count). The number of hydrogen-bond donors (Lipinski definition) is 3. The number of benzene rings is 1. The number of anilines is 2. The molecule has 3 N–H and O–H groups in total. The summed E-state index contributed by atoms with van der Waals surface area (Å²) in [7, 11) is 1.70. The summed E-state index contributed by atoms with van der Waals surface area (Å²) in [6.07, 6.45) is 3.04. The van der Waals surface area contributed by atoms with Crippen molar-refractivity contribution in [3.63, 3.8) is 0 Å². The second-order valence-electron chi connectivity index (χ2n) is 4.33. The Bertz CT molecular complexity index is 650. The molecule has 0 atom stereocenters. The van der Waals surface area contributed by atoms with Crippen molar-refractivity contribution in [1.82, 2.24) is 9.78 Å². The van der Waals surface area contributed by atoms with Crippen molar-refractivity contribution in [2.45, 2.75) is 0 Å². The predicted octanol–water partition coefficient (Wildman–Crippen LogP) is 1.25. The molecule has 0 saturated carbocycles. The van der Waals surface area contributed by atoms with Gasteiger partial charge in [-0.05, 0) is 24.3 Å². The van der Waals surface area contributed by atoms with E-state index in [4.69, 9.17) is 5.11 Å². The van der Waals surface area contributed by atoms with Crippen LogP contribution in [-0.2, 0) is 11.8 Å².